The van der Waals surface area contributed by atoms with Gasteiger partial charge < -0.3 is 15.1 Å². The first-order chi connectivity index (χ1) is 10.2. The second-order valence-corrected chi connectivity index (χ2v) is 7.32. The Kier molecular flexibility index (Phi) is 4.85. The normalized spacial score (nSPS) is 38.1. The number of hydrogen-bond donors (Lipinski definition) is 1. The number of amides is 1. The van der Waals surface area contributed by atoms with Crippen LogP contribution in [0.3, 0.4) is 0 Å². The summed E-state index contributed by atoms with van der Waals surface area (Å²) in [7, 11) is 2.18. The Morgan fingerprint density at radius 1 is 1.19 bits per heavy atom. The van der Waals surface area contributed by atoms with E-state index in [1.807, 2.05) is 0 Å². The topological polar surface area (TPSA) is 35.6 Å². The van der Waals surface area contributed by atoms with Gasteiger partial charge in [0.1, 0.15) is 0 Å². The molecule has 3 fully saturated rings. The maximum Gasteiger partial charge on any atom is 0.240 e. The zero-order chi connectivity index (χ0) is 14.8. The zero-order valence-corrected chi connectivity index (χ0v) is 13.7. The van der Waals surface area contributed by atoms with Gasteiger partial charge in [-0.3, -0.25) is 4.79 Å². The molecule has 1 aliphatic carbocycles. The highest BCUT2D eigenvalue weighted by atomic mass is 16.2. The van der Waals surface area contributed by atoms with Crippen LogP contribution in [0.1, 0.15) is 51.9 Å². The SMILES string of the molecule is CCC1CN(C)CCCN1C(=O)C1CC2CCCCC2N1. The molecular weight excluding hydrogens is 262 g/mol. The van der Waals surface area contributed by atoms with Crippen molar-refractivity contribution in [3.05, 3.63) is 0 Å². The van der Waals surface area contributed by atoms with Gasteiger partial charge >= 0.3 is 0 Å². The van der Waals surface area contributed by atoms with E-state index >= 15 is 0 Å². The summed E-state index contributed by atoms with van der Waals surface area (Å²) in [5, 5.41) is 3.66. The van der Waals surface area contributed by atoms with Crippen molar-refractivity contribution in [2.45, 2.75) is 70.0 Å². The first-order valence-electron chi connectivity index (χ1n) is 8.94. The van der Waals surface area contributed by atoms with Gasteiger partial charge in [-0.2, -0.15) is 0 Å². The Hall–Kier alpha value is -0.610. The maximum atomic E-state index is 13.0. The molecular formula is C17H31N3O. The maximum absolute atomic E-state index is 13.0. The van der Waals surface area contributed by atoms with Gasteiger partial charge in [-0.25, -0.2) is 0 Å². The number of carbonyl (C=O) groups is 1. The van der Waals surface area contributed by atoms with E-state index in [0.717, 1.165) is 44.8 Å². The van der Waals surface area contributed by atoms with Gasteiger partial charge in [0.2, 0.25) is 5.91 Å². The lowest BCUT2D eigenvalue weighted by Gasteiger charge is -2.32. The lowest BCUT2D eigenvalue weighted by Crippen LogP contribution is -2.51. The van der Waals surface area contributed by atoms with E-state index in [4.69, 9.17) is 0 Å². The summed E-state index contributed by atoms with van der Waals surface area (Å²) in [5.41, 5.74) is 0. The number of hydrogen-bond acceptors (Lipinski definition) is 3. The molecule has 0 aromatic carbocycles. The lowest BCUT2D eigenvalue weighted by atomic mass is 9.85. The van der Waals surface area contributed by atoms with Crippen molar-refractivity contribution in [1.29, 1.82) is 0 Å². The Morgan fingerprint density at radius 2 is 2.00 bits per heavy atom. The third kappa shape index (κ3) is 3.26. The second-order valence-electron chi connectivity index (χ2n) is 7.32. The summed E-state index contributed by atoms with van der Waals surface area (Å²) in [6.45, 7) is 5.30. The van der Waals surface area contributed by atoms with Crippen LogP contribution in [-0.4, -0.2) is 60.5 Å². The minimum absolute atomic E-state index is 0.0931. The Balaban J connectivity index is 1.66. The van der Waals surface area contributed by atoms with Gasteiger partial charge in [0.15, 0.2) is 0 Å². The van der Waals surface area contributed by atoms with Gasteiger partial charge in [0.25, 0.3) is 0 Å². The molecule has 21 heavy (non-hydrogen) atoms. The average Bonchev–Trinajstić information content (AvgIpc) is 2.83. The fraction of sp³-hybridized carbons (Fsp3) is 0.941. The summed E-state index contributed by atoms with van der Waals surface area (Å²) in [4.78, 5) is 17.6. The monoisotopic (exact) mass is 293 g/mol. The smallest absolute Gasteiger partial charge is 0.240 e. The molecule has 120 valence electrons. The summed E-state index contributed by atoms with van der Waals surface area (Å²) < 4.78 is 0. The van der Waals surface area contributed by atoms with E-state index in [2.05, 4.69) is 29.1 Å². The molecule has 4 heteroatoms. The van der Waals surface area contributed by atoms with Crippen molar-refractivity contribution in [3.8, 4) is 0 Å². The van der Waals surface area contributed by atoms with Crippen molar-refractivity contribution < 1.29 is 4.79 Å². The number of fused-ring (bicyclic) bond motifs is 1. The first-order valence-corrected chi connectivity index (χ1v) is 8.94. The molecule has 0 radical (unpaired) electrons. The van der Waals surface area contributed by atoms with Crippen molar-refractivity contribution in [2.75, 3.05) is 26.7 Å². The molecule has 2 aliphatic heterocycles. The Morgan fingerprint density at radius 3 is 2.76 bits per heavy atom. The van der Waals surface area contributed by atoms with Crippen LogP contribution in [0.15, 0.2) is 0 Å². The molecule has 2 saturated heterocycles. The molecule has 0 aromatic rings. The predicted molar refractivity (Wildman–Crippen MR) is 85.2 cm³/mol. The highest BCUT2D eigenvalue weighted by molar-refractivity contribution is 5.82. The van der Waals surface area contributed by atoms with Crippen LogP contribution in [0.2, 0.25) is 0 Å². The summed E-state index contributed by atoms with van der Waals surface area (Å²) in [6, 6.07) is 1.10. The molecule has 3 rings (SSSR count). The standard InChI is InChI=1S/C17H31N3O/c1-3-14-12-19(2)9-6-10-20(14)17(21)16-11-13-7-4-5-8-15(13)18-16/h13-16,18H,3-12H2,1-2H3. The van der Waals surface area contributed by atoms with Gasteiger partial charge in [0.05, 0.1) is 6.04 Å². The van der Waals surface area contributed by atoms with Crippen molar-refractivity contribution >= 4 is 5.91 Å². The minimum Gasteiger partial charge on any atom is -0.337 e. The van der Waals surface area contributed by atoms with E-state index in [-0.39, 0.29) is 6.04 Å². The highest BCUT2D eigenvalue weighted by Crippen LogP contribution is 2.34. The summed E-state index contributed by atoms with van der Waals surface area (Å²) in [6.07, 6.45) is 8.53. The molecule has 0 bridgehead atoms. The summed E-state index contributed by atoms with van der Waals surface area (Å²) >= 11 is 0. The van der Waals surface area contributed by atoms with E-state index in [0.29, 0.717) is 18.0 Å². The molecule has 2 heterocycles. The largest absolute Gasteiger partial charge is 0.337 e. The molecule has 4 unspecified atom stereocenters. The number of carbonyl (C=O) groups excluding carboxylic acids is 1. The molecule has 0 aromatic heterocycles. The van der Waals surface area contributed by atoms with Gasteiger partial charge in [-0.15, -0.1) is 0 Å². The zero-order valence-electron chi connectivity index (χ0n) is 13.7. The Labute approximate surface area is 129 Å². The first kappa shape index (κ1) is 15.3. The summed E-state index contributed by atoms with van der Waals surface area (Å²) in [5.74, 6) is 1.13. The van der Waals surface area contributed by atoms with E-state index in [9.17, 15) is 4.79 Å². The van der Waals surface area contributed by atoms with Crippen LogP contribution >= 0.6 is 0 Å². The van der Waals surface area contributed by atoms with Crippen LogP contribution in [0, 0.1) is 5.92 Å². The average molecular weight is 293 g/mol. The van der Waals surface area contributed by atoms with Crippen LogP contribution in [0.5, 0.6) is 0 Å². The number of rotatable bonds is 2. The third-order valence-electron chi connectivity index (χ3n) is 5.82. The van der Waals surface area contributed by atoms with E-state index in [1.54, 1.807) is 0 Å². The van der Waals surface area contributed by atoms with Crippen molar-refractivity contribution in [2.24, 2.45) is 5.92 Å². The van der Waals surface area contributed by atoms with Crippen LogP contribution < -0.4 is 5.32 Å². The fourth-order valence-corrected chi connectivity index (χ4v) is 4.59. The molecule has 1 amide bonds. The van der Waals surface area contributed by atoms with Gasteiger partial charge in [0, 0.05) is 25.2 Å². The van der Waals surface area contributed by atoms with Crippen molar-refractivity contribution in [3.63, 3.8) is 0 Å². The molecule has 4 atom stereocenters. The second kappa shape index (κ2) is 6.66. The minimum atomic E-state index is 0.0931. The molecule has 3 aliphatic rings. The molecule has 4 nitrogen and oxygen atoms in total. The van der Waals surface area contributed by atoms with Crippen LogP contribution in [-0.2, 0) is 4.79 Å². The number of nitrogens with one attached hydrogen (secondary N) is 1. The number of likely N-dealkylation sites (N-methyl/N-ethyl adjacent to an activating group) is 1. The van der Waals surface area contributed by atoms with Gasteiger partial charge in [-0.05, 0) is 51.6 Å². The number of nitrogens with zero attached hydrogens (tertiary/aromatic N) is 2. The fourth-order valence-electron chi connectivity index (χ4n) is 4.59. The quantitative estimate of drug-likeness (QED) is 0.844. The molecule has 1 N–H and O–H groups in total. The molecule has 1 saturated carbocycles. The molecule has 0 spiro atoms. The Bertz CT molecular complexity index is 359. The highest BCUT2D eigenvalue weighted by Gasteiger charge is 2.41. The predicted octanol–water partition coefficient (Wildman–Crippen LogP) is 1.85. The van der Waals surface area contributed by atoms with Gasteiger partial charge in [-0.1, -0.05) is 19.8 Å². The van der Waals surface area contributed by atoms with Crippen LogP contribution in [0.25, 0.3) is 0 Å². The third-order valence-corrected chi connectivity index (χ3v) is 5.82. The van der Waals surface area contributed by atoms with Crippen LogP contribution in [0.4, 0.5) is 0 Å². The van der Waals surface area contributed by atoms with E-state index < -0.39 is 0 Å². The lowest BCUT2D eigenvalue weighted by molar-refractivity contribution is -0.135. The van der Waals surface area contributed by atoms with Crippen molar-refractivity contribution in [1.82, 2.24) is 15.1 Å². The van der Waals surface area contributed by atoms with E-state index in [1.165, 1.54) is 25.7 Å².